The fraction of sp³-hybridized carbons (Fsp3) is 0.130. The van der Waals surface area contributed by atoms with E-state index in [2.05, 4.69) is 10.5 Å². The first-order valence-electron chi connectivity index (χ1n) is 9.24. The number of ether oxygens (including phenoxy) is 2. The van der Waals surface area contributed by atoms with Crippen molar-refractivity contribution in [3.8, 4) is 11.5 Å². The van der Waals surface area contributed by atoms with Crippen LogP contribution in [0.1, 0.15) is 23.7 Å². The molecule has 0 aliphatic carbocycles. The van der Waals surface area contributed by atoms with Crippen LogP contribution in [0.4, 0.5) is 4.39 Å². The molecule has 29 heavy (non-hydrogen) atoms. The van der Waals surface area contributed by atoms with E-state index in [1.807, 2.05) is 54.6 Å². The lowest BCUT2D eigenvalue weighted by molar-refractivity contribution is -0.123. The predicted molar refractivity (Wildman–Crippen MR) is 107 cm³/mol. The van der Waals surface area contributed by atoms with Crippen LogP contribution in [0.15, 0.2) is 84.0 Å². The summed E-state index contributed by atoms with van der Waals surface area (Å²) in [6.45, 7) is -0.220. The zero-order valence-corrected chi connectivity index (χ0v) is 15.5. The fourth-order valence-corrected chi connectivity index (χ4v) is 3.09. The monoisotopic (exact) mass is 390 g/mol. The molecule has 1 aliphatic heterocycles. The van der Waals surface area contributed by atoms with Crippen LogP contribution >= 0.6 is 0 Å². The predicted octanol–water partition coefficient (Wildman–Crippen LogP) is 4.25. The van der Waals surface area contributed by atoms with Gasteiger partial charge >= 0.3 is 0 Å². The van der Waals surface area contributed by atoms with Crippen molar-refractivity contribution < 1.29 is 18.7 Å². The highest BCUT2D eigenvalue weighted by molar-refractivity contribution is 6.04. The Morgan fingerprint density at radius 3 is 2.55 bits per heavy atom. The molecule has 146 valence electrons. The average molecular weight is 390 g/mol. The second-order valence-corrected chi connectivity index (χ2v) is 6.55. The summed E-state index contributed by atoms with van der Waals surface area (Å²) < 4.78 is 24.4. The third-order valence-corrected chi connectivity index (χ3v) is 4.52. The van der Waals surface area contributed by atoms with Crippen LogP contribution in [0.2, 0.25) is 0 Å². The molecule has 6 heteroatoms. The summed E-state index contributed by atoms with van der Waals surface area (Å²) in [7, 11) is 0. The number of halogens is 1. The molecular weight excluding hydrogens is 371 g/mol. The maximum Gasteiger partial charge on any atom is 0.277 e. The Balaban J connectivity index is 1.46. The van der Waals surface area contributed by atoms with Crippen molar-refractivity contribution in [2.24, 2.45) is 5.10 Å². The van der Waals surface area contributed by atoms with Crippen molar-refractivity contribution in [1.82, 2.24) is 5.43 Å². The largest absolute Gasteiger partial charge is 0.485 e. The van der Waals surface area contributed by atoms with Gasteiger partial charge in [-0.2, -0.15) is 5.10 Å². The van der Waals surface area contributed by atoms with Crippen molar-refractivity contribution in [2.75, 3.05) is 6.61 Å². The van der Waals surface area contributed by atoms with Gasteiger partial charge in [-0.15, -0.1) is 0 Å². The lowest BCUT2D eigenvalue weighted by atomic mass is 9.96. The Hall–Kier alpha value is -3.67. The molecule has 0 fully saturated rings. The van der Waals surface area contributed by atoms with Gasteiger partial charge in [-0.3, -0.25) is 4.79 Å². The summed E-state index contributed by atoms with van der Waals surface area (Å²) in [6.07, 6.45) is 0.345. The number of benzene rings is 3. The smallest absolute Gasteiger partial charge is 0.277 e. The van der Waals surface area contributed by atoms with Crippen LogP contribution < -0.4 is 14.9 Å². The van der Waals surface area contributed by atoms with Crippen molar-refractivity contribution >= 4 is 11.6 Å². The molecule has 4 rings (SSSR count). The third-order valence-electron chi connectivity index (χ3n) is 4.52. The second-order valence-electron chi connectivity index (χ2n) is 6.55. The molecule has 0 bridgehead atoms. The maximum atomic E-state index is 12.9. The first-order chi connectivity index (χ1) is 14.2. The van der Waals surface area contributed by atoms with Gasteiger partial charge in [-0.1, -0.05) is 42.5 Å². The van der Waals surface area contributed by atoms with E-state index in [0.717, 1.165) is 22.6 Å². The zero-order valence-electron chi connectivity index (χ0n) is 15.5. The highest BCUT2D eigenvalue weighted by Gasteiger charge is 2.26. The average Bonchev–Trinajstić information content (AvgIpc) is 2.77. The number of hydrazone groups is 1. The number of amides is 1. The normalized spacial score (nSPS) is 16.6. The van der Waals surface area contributed by atoms with Crippen LogP contribution in [0.5, 0.6) is 11.5 Å². The molecule has 1 aliphatic rings. The van der Waals surface area contributed by atoms with E-state index in [0.29, 0.717) is 12.2 Å². The summed E-state index contributed by atoms with van der Waals surface area (Å²) >= 11 is 0. The Bertz CT molecular complexity index is 1020. The molecule has 5 nitrogen and oxygen atoms in total. The number of carbonyl (C=O) groups is 1. The topological polar surface area (TPSA) is 59.9 Å². The van der Waals surface area contributed by atoms with E-state index in [1.54, 1.807) is 0 Å². The maximum absolute atomic E-state index is 12.9. The van der Waals surface area contributed by atoms with Gasteiger partial charge in [0.2, 0.25) is 0 Å². The van der Waals surface area contributed by atoms with E-state index in [4.69, 9.17) is 9.47 Å². The number of rotatable bonds is 5. The highest BCUT2D eigenvalue weighted by atomic mass is 19.1. The molecular formula is C23H19FN2O3. The first-order valence-corrected chi connectivity index (χ1v) is 9.24. The van der Waals surface area contributed by atoms with Gasteiger partial charge in [-0.05, 0) is 42.0 Å². The molecule has 3 aromatic carbocycles. The van der Waals surface area contributed by atoms with Gasteiger partial charge in [0.05, 0.1) is 5.71 Å². The summed E-state index contributed by atoms with van der Waals surface area (Å²) in [6, 6.07) is 23.0. The minimum atomic E-state index is -0.401. The van der Waals surface area contributed by atoms with Gasteiger partial charge in [0.15, 0.2) is 6.61 Å². The van der Waals surface area contributed by atoms with Gasteiger partial charge in [0.25, 0.3) is 5.91 Å². The van der Waals surface area contributed by atoms with Crippen LogP contribution in [0, 0.1) is 5.82 Å². The van der Waals surface area contributed by atoms with E-state index < -0.39 is 5.91 Å². The summed E-state index contributed by atoms with van der Waals surface area (Å²) in [4.78, 5) is 12.1. The Kier molecular flexibility index (Phi) is 5.52. The van der Waals surface area contributed by atoms with Crippen molar-refractivity contribution in [1.29, 1.82) is 0 Å². The lowest BCUT2D eigenvalue weighted by Crippen LogP contribution is -2.28. The van der Waals surface area contributed by atoms with E-state index in [9.17, 15) is 9.18 Å². The number of para-hydroxylation sites is 1. The first kappa shape index (κ1) is 18.7. The molecule has 0 spiro atoms. The number of nitrogens with zero attached hydrogens (tertiary/aromatic N) is 1. The molecule has 1 heterocycles. The standard InChI is InChI=1S/C23H19FN2O3/c24-17-10-12-18(13-11-17)28-15-23(27)26-25-20-14-22(16-6-2-1-3-7-16)29-21-9-5-4-8-19(20)21/h1-13,22H,14-15H2,(H,26,27). The van der Waals surface area contributed by atoms with E-state index >= 15 is 0 Å². The SMILES string of the molecule is O=C(COc1ccc(F)cc1)NN=C1CC(c2ccccc2)Oc2ccccc21. The molecule has 0 aromatic heterocycles. The summed E-state index contributed by atoms with van der Waals surface area (Å²) in [5.41, 5.74) is 5.16. The lowest BCUT2D eigenvalue weighted by Gasteiger charge is -2.27. The van der Waals surface area contributed by atoms with Gasteiger partial charge in [0.1, 0.15) is 23.4 Å². The molecule has 0 saturated carbocycles. The Labute approximate surface area is 167 Å². The number of carbonyl (C=O) groups excluding carboxylic acids is 1. The van der Waals surface area contributed by atoms with Crippen LogP contribution in [-0.2, 0) is 4.79 Å². The number of hydrogen-bond donors (Lipinski definition) is 1. The molecule has 1 N–H and O–H groups in total. The zero-order chi connectivity index (χ0) is 20.1. The Morgan fingerprint density at radius 1 is 1.03 bits per heavy atom. The molecule has 1 amide bonds. The number of fused-ring (bicyclic) bond motifs is 1. The Morgan fingerprint density at radius 2 is 1.76 bits per heavy atom. The minimum absolute atomic E-state index is 0.183. The second kappa shape index (κ2) is 8.56. The molecule has 0 radical (unpaired) electrons. The minimum Gasteiger partial charge on any atom is -0.485 e. The van der Waals surface area contributed by atoms with Crippen LogP contribution in [0.3, 0.4) is 0 Å². The quantitative estimate of drug-likeness (QED) is 0.663. The van der Waals surface area contributed by atoms with E-state index in [1.165, 1.54) is 24.3 Å². The number of nitrogens with one attached hydrogen (secondary N) is 1. The molecule has 0 saturated heterocycles. The van der Waals surface area contributed by atoms with Crippen molar-refractivity contribution in [3.05, 3.63) is 95.8 Å². The van der Waals surface area contributed by atoms with Crippen molar-refractivity contribution in [3.63, 3.8) is 0 Å². The summed E-state index contributed by atoms with van der Waals surface area (Å²) in [5, 5.41) is 4.32. The fourth-order valence-electron chi connectivity index (χ4n) is 3.09. The molecule has 1 atom stereocenters. The summed E-state index contributed by atoms with van der Waals surface area (Å²) in [5.74, 6) is 0.374. The third kappa shape index (κ3) is 4.60. The van der Waals surface area contributed by atoms with Gasteiger partial charge in [0, 0.05) is 12.0 Å². The van der Waals surface area contributed by atoms with Gasteiger partial charge in [-0.25, -0.2) is 9.82 Å². The molecule has 1 unspecified atom stereocenters. The number of hydrogen-bond acceptors (Lipinski definition) is 4. The van der Waals surface area contributed by atoms with Gasteiger partial charge < -0.3 is 9.47 Å². The van der Waals surface area contributed by atoms with Crippen LogP contribution in [0.25, 0.3) is 0 Å². The molecule has 3 aromatic rings. The van der Waals surface area contributed by atoms with Crippen molar-refractivity contribution in [2.45, 2.75) is 12.5 Å². The van der Waals surface area contributed by atoms with Crippen LogP contribution in [-0.4, -0.2) is 18.2 Å². The van der Waals surface area contributed by atoms with E-state index in [-0.39, 0.29) is 18.5 Å². The highest BCUT2D eigenvalue weighted by Crippen LogP contribution is 2.34.